The molecule has 1 amide bonds. The van der Waals surface area contributed by atoms with Crippen LogP contribution >= 0.6 is 0 Å². The van der Waals surface area contributed by atoms with E-state index in [2.05, 4.69) is 10.1 Å². The van der Waals surface area contributed by atoms with E-state index in [0.29, 0.717) is 22.2 Å². The number of carbonyl (C=O) groups is 1. The number of hydrogen-bond donors (Lipinski definition) is 2. The van der Waals surface area contributed by atoms with E-state index in [1.165, 1.54) is 6.21 Å². The Balaban J connectivity index is 2.04. The Morgan fingerprint density at radius 3 is 2.71 bits per heavy atom. The molecular weight excluding hydrogens is 362 g/mol. The summed E-state index contributed by atoms with van der Waals surface area (Å²) in [7, 11) is 3.71. The second kappa shape index (κ2) is 7.78. The summed E-state index contributed by atoms with van der Waals surface area (Å²) < 4.78 is 6.18. The Morgan fingerprint density at radius 2 is 2.00 bits per heavy atom. The van der Waals surface area contributed by atoms with Gasteiger partial charge < -0.3 is 20.4 Å². The van der Waals surface area contributed by atoms with E-state index in [9.17, 15) is 14.4 Å². The Hall–Kier alpha value is -3.88. The van der Waals surface area contributed by atoms with Gasteiger partial charge in [0.1, 0.15) is 5.75 Å². The molecule has 0 atom stereocenters. The zero-order valence-electron chi connectivity index (χ0n) is 15.4. The largest absolute Gasteiger partial charge is 0.483 e. The van der Waals surface area contributed by atoms with Gasteiger partial charge in [0, 0.05) is 31.4 Å². The molecule has 1 aromatic heterocycles. The van der Waals surface area contributed by atoms with Gasteiger partial charge in [-0.2, -0.15) is 5.10 Å². The molecular formula is C19H19N5O4. The van der Waals surface area contributed by atoms with Crippen LogP contribution in [0.1, 0.15) is 5.56 Å². The molecule has 9 heteroatoms. The van der Waals surface area contributed by atoms with Crippen molar-refractivity contribution in [1.82, 2.24) is 9.66 Å². The number of amides is 1. The van der Waals surface area contributed by atoms with Crippen LogP contribution in [0.4, 0.5) is 5.69 Å². The van der Waals surface area contributed by atoms with Crippen molar-refractivity contribution < 1.29 is 9.53 Å². The van der Waals surface area contributed by atoms with Crippen molar-refractivity contribution in [3.63, 3.8) is 0 Å². The fraction of sp³-hybridized carbons (Fsp3) is 0.158. The van der Waals surface area contributed by atoms with E-state index in [4.69, 9.17) is 10.5 Å². The molecule has 0 bridgehead atoms. The third-order valence-corrected chi connectivity index (χ3v) is 3.98. The van der Waals surface area contributed by atoms with Crippen LogP contribution in [0, 0.1) is 0 Å². The lowest BCUT2D eigenvalue weighted by atomic mass is 10.2. The predicted octanol–water partition coefficient (Wildman–Crippen LogP) is 0.502. The highest BCUT2D eigenvalue weighted by molar-refractivity contribution is 5.85. The second-order valence-electron chi connectivity index (χ2n) is 6.21. The first-order valence-corrected chi connectivity index (χ1v) is 8.37. The topological polar surface area (TPSA) is 123 Å². The average molecular weight is 381 g/mol. The van der Waals surface area contributed by atoms with Gasteiger partial charge in [0.2, 0.25) is 0 Å². The Bertz CT molecular complexity index is 1180. The molecule has 144 valence electrons. The molecule has 3 N–H and O–H groups in total. The third-order valence-electron chi connectivity index (χ3n) is 3.98. The highest BCUT2D eigenvalue weighted by atomic mass is 16.5. The number of ether oxygens (including phenoxy) is 1. The van der Waals surface area contributed by atoms with Crippen molar-refractivity contribution in [2.24, 2.45) is 10.8 Å². The van der Waals surface area contributed by atoms with Crippen LogP contribution in [0.5, 0.6) is 5.75 Å². The van der Waals surface area contributed by atoms with E-state index in [0.717, 1.165) is 10.4 Å². The van der Waals surface area contributed by atoms with Gasteiger partial charge in [-0.1, -0.05) is 12.1 Å². The summed E-state index contributed by atoms with van der Waals surface area (Å²) in [5.74, 6) is -0.278. The summed E-state index contributed by atoms with van der Waals surface area (Å²) in [6, 6.07) is 11.9. The minimum absolute atomic E-state index is 0.311. The first-order chi connectivity index (χ1) is 13.4. The standard InChI is InChI=1S/C19H19N5O4/c1-23(2)13-8-7-12(16(9-13)28-11-17(20)25)10-21-24-18(26)14-5-3-4-6-15(14)22-19(24)27/h3-10H,11H2,1-2H3,(H2,20,25)(H,22,27). The minimum atomic E-state index is -0.663. The number of para-hydroxylation sites is 1. The van der Waals surface area contributed by atoms with Gasteiger partial charge in [0.15, 0.2) is 6.61 Å². The summed E-state index contributed by atoms with van der Waals surface area (Å²) in [5.41, 5.74) is 5.69. The number of aromatic amines is 1. The maximum absolute atomic E-state index is 12.5. The van der Waals surface area contributed by atoms with Crippen LogP contribution < -0.4 is 26.6 Å². The molecule has 0 saturated heterocycles. The highest BCUT2D eigenvalue weighted by Crippen LogP contribution is 2.23. The van der Waals surface area contributed by atoms with Gasteiger partial charge in [-0.25, -0.2) is 4.79 Å². The number of benzene rings is 2. The molecule has 0 unspecified atom stereocenters. The number of H-pyrrole nitrogens is 1. The molecule has 0 spiro atoms. The molecule has 28 heavy (non-hydrogen) atoms. The molecule has 0 radical (unpaired) electrons. The van der Waals surface area contributed by atoms with E-state index in [1.807, 2.05) is 25.1 Å². The molecule has 1 heterocycles. The van der Waals surface area contributed by atoms with Crippen molar-refractivity contribution >= 4 is 28.7 Å². The number of nitrogens with one attached hydrogen (secondary N) is 1. The number of rotatable bonds is 6. The lowest BCUT2D eigenvalue weighted by Crippen LogP contribution is -2.32. The van der Waals surface area contributed by atoms with E-state index >= 15 is 0 Å². The molecule has 2 aromatic carbocycles. The van der Waals surface area contributed by atoms with Gasteiger partial charge in [-0.15, -0.1) is 4.68 Å². The fourth-order valence-electron chi connectivity index (χ4n) is 2.56. The second-order valence-corrected chi connectivity index (χ2v) is 6.21. The first kappa shape index (κ1) is 18.9. The maximum atomic E-state index is 12.5. The maximum Gasteiger partial charge on any atom is 0.349 e. The smallest absolute Gasteiger partial charge is 0.349 e. The van der Waals surface area contributed by atoms with Crippen molar-refractivity contribution in [3.05, 3.63) is 68.9 Å². The van der Waals surface area contributed by atoms with Crippen molar-refractivity contribution in [2.75, 3.05) is 25.6 Å². The van der Waals surface area contributed by atoms with Crippen LogP contribution in [-0.2, 0) is 4.79 Å². The number of aromatic nitrogens is 2. The number of fused-ring (bicyclic) bond motifs is 1. The Kier molecular flexibility index (Phi) is 5.25. The van der Waals surface area contributed by atoms with Crippen LogP contribution in [0.2, 0.25) is 0 Å². The summed E-state index contributed by atoms with van der Waals surface area (Å²) in [5, 5.41) is 4.35. The summed E-state index contributed by atoms with van der Waals surface area (Å²) in [4.78, 5) is 40.3. The highest BCUT2D eigenvalue weighted by Gasteiger charge is 2.09. The Morgan fingerprint density at radius 1 is 1.25 bits per heavy atom. The number of nitrogens with zero attached hydrogens (tertiary/aromatic N) is 3. The van der Waals surface area contributed by atoms with Crippen LogP contribution in [-0.4, -0.2) is 42.5 Å². The zero-order valence-corrected chi connectivity index (χ0v) is 15.4. The SMILES string of the molecule is CN(C)c1ccc(C=Nn2c(=O)[nH]c3ccccc3c2=O)c(OCC(N)=O)c1. The summed E-state index contributed by atoms with van der Waals surface area (Å²) >= 11 is 0. The molecule has 0 fully saturated rings. The first-order valence-electron chi connectivity index (χ1n) is 8.37. The van der Waals surface area contributed by atoms with E-state index in [1.54, 1.807) is 36.4 Å². The molecule has 3 aromatic rings. The quantitative estimate of drug-likeness (QED) is 0.602. The monoisotopic (exact) mass is 381 g/mol. The van der Waals surface area contributed by atoms with Crippen molar-refractivity contribution in [1.29, 1.82) is 0 Å². The van der Waals surface area contributed by atoms with Gasteiger partial charge in [-0.3, -0.25) is 9.59 Å². The lowest BCUT2D eigenvalue weighted by Gasteiger charge is -2.15. The summed E-state index contributed by atoms with van der Waals surface area (Å²) in [6.45, 7) is -0.311. The average Bonchev–Trinajstić information content (AvgIpc) is 2.66. The predicted molar refractivity (Wildman–Crippen MR) is 107 cm³/mol. The molecule has 3 rings (SSSR count). The lowest BCUT2D eigenvalue weighted by molar-refractivity contribution is -0.119. The number of anilines is 1. The molecule has 0 saturated carbocycles. The normalized spacial score (nSPS) is 11.1. The molecule has 0 aliphatic rings. The van der Waals surface area contributed by atoms with Gasteiger partial charge >= 0.3 is 5.69 Å². The van der Waals surface area contributed by atoms with E-state index < -0.39 is 17.2 Å². The number of nitrogens with two attached hydrogens (primary N) is 1. The van der Waals surface area contributed by atoms with Crippen molar-refractivity contribution in [2.45, 2.75) is 0 Å². The third kappa shape index (κ3) is 3.93. The summed E-state index contributed by atoms with van der Waals surface area (Å²) in [6.07, 6.45) is 1.32. The van der Waals surface area contributed by atoms with Crippen molar-refractivity contribution in [3.8, 4) is 5.75 Å². The number of primary amides is 1. The number of carbonyl (C=O) groups excluding carboxylic acids is 1. The van der Waals surface area contributed by atoms with Crippen LogP contribution in [0.15, 0.2) is 57.2 Å². The van der Waals surface area contributed by atoms with Crippen LogP contribution in [0.3, 0.4) is 0 Å². The molecule has 9 nitrogen and oxygen atoms in total. The van der Waals surface area contributed by atoms with Gasteiger partial charge in [0.25, 0.3) is 11.5 Å². The molecule has 0 aliphatic carbocycles. The zero-order chi connectivity index (χ0) is 20.3. The Labute approximate surface area is 159 Å². The van der Waals surface area contributed by atoms with E-state index in [-0.39, 0.29) is 6.61 Å². The van der Waals surface area contributed by atoms with Crippen LogP contribution in [0.25, 0.3) is 10.9 Å². The van der Waals surface area contributed by atoms with Gasteiger partial charge in [0.05, 0.1) is 17.1 Å². The van der Waals surface area contributed by atoms with Gasteiger partial charge in [-0.05, 0) is 24.3 Å². The minimum Gasteiger partial charge on any atom is -0.483 e. The fourth-order valence-corrected chi connectivity index (χ4v) is 2.56. The molecule has 0 aliphatic heterocycles. The number of hydrogen-bond acceptors (Lipinski definition) is 6.